The van der Waals surface area contributed by atoms with Crippen LogP contribution in [0.15, 0.2) is 71.4 Å². The molecule has 6 rings (SSSR count). The van der Waals surface area contributed by atoms with E-state index >= 15 is 0 Å². The van der Waals surface area contributed by atoms with Crippen LogP contribution in [0.4, 0.5) is 5.69 Å². The summed E-state index contributed by atoms with van der Waals surface area (Å²) in [7, 11) is 0. The van der Waals surface area contributed by atoms with Gasteiger partial charge in [0.15, 0.2) is 5.58 Å². The molecule has 5 heteroatoms. The van der Waals surface area contributed by atoms with E-state index in [1.54, 1.807) is 6.20 Å². The van der Waals surface area contributed by atoms with Gasteiger partial charge in [-0.05, 0) is 35.9 Å². The average Bonchev–Trinajstić information content (AvgIpc) is 3.16. The molecule has 0 unspecified atom stereocenters. The van der Waals surface area contributed by atoms with Crippen LogP contribution in [0.2, 0.25) is 0 Å². The number of fused-ring (bicyclic) bond motifs is 4. The van der Waals surface area contributed by atoms with Crippen molar-refractivity contribution < 1.29 is 9.15 Å². The van der Waals surface area contributed by atoms with Gasteiger partial charge in [-0.3, -0.25) is 4.98 Å². The van der Waals surface area contributed by atoms with Gasteiger partial charge in [0, 0.05) is 41.8 Å². The molecule has 3 aromatic heterocycles. The zero-order valence-electron chi connectivity index (χ0n) is 15.8. The van der Waals surface area contributed by atoms with Gasteiger partial charge in [-0.1, -0.05) is 24.3 Å². The van der Waals surface area contributed by atoms with Crippen LogP contribution in [-0.2, 0) is 4.74 Å². The normalized spacial score (nSPS) is 14.8. The third kappa shape index (κ3) is 2.66. The van der Waals surface area contributed by atoms with E-state index < -0.39 is 0 Å². The van der Waals surface area contributed by atoms with E-state index in [1.807, 2.05) is 30.5 Å². The van der Waals surface area contributed by atoms with Crippen LogP contribution in [-0.4, -0.2) is 36.3 Å². The van der Waals surface area contributed by atoms with Crippen molar-refractivity contribution in [3.05, 3.63) is 67.0 Å². The Morgan fingerprint density at radius 2 is 1.76 bits per heavy atom. The first-order valence-corrected chi connectivity index (χ1v) is 9.86. The number of ether oxygens (including phenoxy) is 1. The van der Waals surface area contributed by atoms with Crippen LogP contribution >= 0.6 is 0 Å². The number of rotatable bonds is 2. The number of aromatic nitrogens is 2. The maximum atomic E-state index is 6.33. The molecule has 0 aliphatic carbocycles. The molecule has 0 amide bonds. The molecule has 142 valence electrons. The summed E-state index contributed by atoms with van der Waals surface area (Å²) in [5.41, 5.74) is 6.93. The van der Waals surface area contributed by atoms with Crippen LogP contribution in [0.25, 0.3) is 44.1 Å². The molecule has 29 heavy (non-hydrogen) atoms. The average molecular weight is 381 g/mol. The van der Waals surface area contributed by atoms with E-state index in [4.69, 9.17) is 14.1 Å². The molecule has 0 spiro atoms. The third-order valence-corrected chi connectivity index (χ3v) is 5.59. The van der Waals surface area contributed by atoms with Crippen molar-refractivity contribution in [3.63, 3.8) is 0 Å². The highest BCUT2D eigenvalue weighted by molar-refractivity contribution is 6.14. The molecule has 0 bridgehead atoms. The maximum absolute atomic E-state index is 6.33. The molecule has 1 aliphatic rings. The number of furan rings is 1. The van der Waals surface area contributed by atoms with Crippen LogP contribution < -0.4 is 4.90 Å². The fourth-order valence-electron chi connectivity index (χ4n) is 4.18. The molecule has 1 fully saturated rings. The Labute approximate surface area is 167 Å². The van der Waals surface area contributed by atoms with E-state index in [0.717, 1.165) is 62.9 Å². The Hall–Kier alpha value is -3.44. The number of pyridine rings is 2. The van der Waals surface area contributed by atoms with Gasteiger partial charge in [0.2, 0.25) is 0 Å². The van der Waals surface area contributed by atoms with Crippen LogP contribution in [0.1, 0.15) is 0 Å². The molecule has 2 aromatic carbocycles. The molecular formula is C24H19N3O2. The first-order valence-electron chi connectivity index (χ1n) is 9.86. The van der Waals surface area contributed by atoms with Crippen LogP contribution in [0.3, 0.4) is 0 Å². The van der Waals surface area contributed by atoms with E-state index in [1.165, 1.54) is 0 Å². The monoisotopic (exact) mass is 381 g/mol. The summed E-state index contributed by atoms with van der Waals surface area (Å²) >= 11 is 0. The van der Waals surface area contributed by atoms with Crippen molar-refractivity contribution >= 4 is 38.7 Å². The fourth-order valence-corrected chi connectivity index (χ4v) is 4.18. The number of nitrogens with zero attached hydrogens (tertiary/aromatic N) is 3. The second kappa shape index (κ2) is 6.57. The second-order valence-corrected chi connectivity index (χ2v) is 7.31. The zero-order valence-corrected chi connectivity index (χ0v) is 15.8. The zero-order chi connectivity index (χ0) is 19.2. The smallest absolute Gasteiger partial charge is 0.177 e. The number of hydrogen-bond donors (Lipinski definition) is 0. The molecule has 0 radical (unpaired) electrons. The predicted octanol–water partition coefficient (Wildman–Crippen LogP) is 5.03. The molecular weight excluding hydrogens is 362 g/mol. The van der Waals surface area contributed by atoms with Crippen molar-refractivity contribution in [1.29, 1.82) is 0 Å². The van der Waals surface area contributed by atoms with E-state index in [-0.39, 0.29) is 0 Å². The summed E-state index contributed by atoms with van der Waals surface area (Å²) in [5, 5.41) is 2.15. The number of benzene rings is 2. The van der Waals surface area contributed by atoms with Gasteiger partial charge < -0.3 is 14.1 Å². The van der Waals surface area contributed by atoms with Crippen molar-refractivity contribution in [1.82, 2.24) is 9.97 Å². The third-order valence-electron chi connectivity index (χ3n) is 5.59. The summed E-state index contributed by atoms with van der Waals surface area (Å²) in [6.07, 6.45) is 3.69. The molecule has 0 saturated carbocycles. The lowest BCUT2D eigenvalue weighted by atomic mass is 10.0. The Kier molecular flexibility index (Phi) is 3.74. The Balaban J connectivity index is 1.69. The van der Waals surface area contributed by atoms with Gasteiger partial charge in [-0.15, -0.1) is 0 Å². The molecule has 4 heterocycles. The lowest BCUT2D eigenvalue weighted by molar-refractivity contribution is 0.123. The Morgan fingerprint density at radius 1 is 0.862 bits per heavy atom. The van der Waals surface area contributed by atoms with Gasteiger partial charge in [0.1, 0.15) is 11.1 Å². The summed E-state index contributed by atoms with van der Waals surface area (Å²) < 4.78 is 11.9. The van der Waals surface area contributed by atoms with Gasteiger partial charge in [-0.2, -0.15) is 0 Å². The minimum absolute atomic E-state index is 0.716. The first-order chi connectivity index (χ1) is 14.4. The van der Waals surface area contributed by atoms with Crippen molar-refractivity contribution in [2.75, 3.05) is 31.2 Å². The quantitative estimate of drug-likeness (QED) is 0.429. The molecule has 5 nitrogen and oxygen atoms in total. The van der Waals surface area contributed by atoms with Crippen molar-refractivity contribution in [2.24, 2.45) is 0 Å². The minimum atomic E-state index is 0.716. The van der Waals surface area contributed by atoms with Crippen molar-refractivity contribution in [2.45, 2.75) is 0 Å². The topological polar surface area (TPSA) is 51.4 Å². The largest absolute Gasteiger partial charge is 0.452 e. The highest BCUT2D eigenvalue weighted by Gasteiger charge is 2.22. The van der Waals surface area contributed by atoms with Crippen molar-refractivity contribution in [3.8, 4) is 11.1 Å². The SMILES string of the molecule is c1cncc(-c2ccc3nc4c(oc5ccccc54)c(N4CCOCC4)c3c2)c1. The number of anilines is 1. The summed E-state index contributed by atoms with van der Waals surface area (Å²) in [6, 6.07) is 18.6. The minimum Gasteiger partial charge on any atom is -0.452 e. The Morgan fingerprint density at radius 3 is 2.62 bits per heavy atom. The summed E-state index contributed by atoms with van der Waals surface area (Å²) in [4.78, 5) is 11.6. The predicted molar refractivity (Wildman–Crippen MR) is 115 cm³/mol. The lowest BCUT2D eigenvalue weighted by Crippen LogP contribution is -2.36. The molecule has 1 aliphatic heterocycles. The van der Waals surface area contributed by atoms with Gasteiger partial charge >= 0.3 is 0 Å². The maximum Gasteiger partial charge on any atom is 0.177 e. The second-order valence-electron chi connectivity index (χ2n) is 7.31. The van der Waals surface area contributed by atoms with Crippen LogP contribution in [0.5, 0.6) is 0 Å². The lowest BCUT2D eigenvalue weighted by Gasteiger charge is -2.29. The molecule has 0 atom stereocenters. The van der Waals surface area contributed by atoms with E-state index in [0.29, 0.717) is 13.2 Å². The Bertz CT molecular complexity index is 1340. The van der Waals surface area contributed by atoms with Gasteiger partial charge in [0.25, 0.3) is 0 Å². The fraction of sp³-hybridized carbons (Fsp3) is 0.167. The molecule has 1 saturated heterocycles. The first kappa shape index (κ1) is 16.5. The highest BCUT2D eigenvalue weighted by Crippen LogP contribution is 2.40. The van der Waals surface area contributed by atoms with Gasteiger partial charge in [0.05, 0.1) is 24.4 Å². The molecule has 5 aromatic rings. The summed E-state index contributed by atoms with van der Waals surface area (Å²) in [6.45, 7) is 3.10. The van der Waals surface area contributed by atoms with Crippen LogP contribution in [0, 0.1) is 0 Å². The highest BCUT2D eigenvalue weighted by atomic mass is 16.5. The van der Waals surface area contributed by atoms with Gasteiger partial charge in [-0.25, -0.2) is 4.98 Å². The number of hydrogen-bond acceptors (Lipinski definition) is 5. The van der Waals surface area contributed by atoms with E-state index in [9.17, 15) is 0 Å². The van der Waals surface area contributed by atoms with E-state index in [2.05, 4.69) is 40.2 Å². The standard InChI is InChI=1S/C24H19N3O2/c1-2-6-21-18(5-1)22-24(29-21)23(27-10-12-28-13-11-27)19-14-16(7-8-20(19)26-22)17-4-3-9-25-15-17/h1-9,14-15H,10-13H2. The molecule has 0 N–H and O–H groups in total. The number of para-hydroxylation sites is 1. The number of morpholine rings is 1. The summed E-state index contributed by atoms with van der Waals surface area (Å²) in [5.74, 6) is 0.